The molecule has 0 aliphatic carbocycles. The SMILES string of the molecule is CCN1C(=O)/C(=C/c2ccc(Sc3ccc(Cl)cc3)s2)SC1=Nc1ccc(Br)cc1. The van der Waals surface area contributed by atoms with Crippen LogP contribution in [-0.2, 0) is 4.79 Å². The Morgan fingerprint density at radius 2 is 1.83 bits per heavy atom. The topological polar surface area (TPSA) is 32.7 Å². The number of carbonyl (C=O) groups is 1. The van der Waals surface area contributed by atoms with Gasteiger partial charge in [0, 0.05) is 25.8 Å². The van der Waals surface area contributed by atoms with Crippen molar-refractivity contribution in [1.82, 2.24) is 4.90 Å². The Bertz CT molecular complexity index is 1120. The normalized spacial score (nSPS) is 16.8. The van der Waals surface area contributed by atoms with E-state index in [4.69, 9.17) is 11.6 Å². The van der Waals surface area contributed by atoms with Gasteiger partial charge < -0.3 is 0 Å². The number of likely N-dealkylation sites (N-methyl/N-ethyl adjacent to an activating group) is 1. The van der Waals surface area contributed by atoms with Crippen molar-refractivity contribution in [3.05, 3.63) is 79.9 Å². The van der Waals surface area contributed by atoms with Crippen LogP contribution in [0.3, 0.4) is 0 Å². The number of hydrogen-bond acceptors (Lipinski definition) is 5. The van der Waals surface area contributed by atoms with Crippen LogP contribution >= 0.6 is 62.4 Å². The smallest absolute Gasteiger partial charge is 0.266 e. The molecule has 0 saturated carbocycles. The number of benzene rings is 2. The highest BCUT2D eigenvalue weighted by atomic mass is 79.9. The standard InChI is InChI=1S/C22H16BrClN2OS3/c1-2-26-21(27)19(30-22(26)25-16-7-3-14(23)4-8-16)13-18-11-12-20(29-18)28-17-9-5-15(24)6-10-17/h3-13H,2H2,1H3/b19-13-,25-22?. The molecule has 3 nitrogen and oxygen atoms in total. The predicted octanol–water partition coefficient (Wildman–Crippen LogP) is 7.94. The molecular weight excluding hydrogens is 520 g/mol. The van der Waals surface area contributed by atoms with Crippen molar-refractivity contribution in [2.45, 2.75) is 16.0 Å². The summed E-state index contributed by atoms with van der Waals surface area (Å²) in [7, 11) is 0. The zero-order valence-electron chi connectivity index (χ0n) is 15.8. The summed E-state index contributed by atoms with van der Waals surface area (Å²) in [6, 6.07) is 19.7. The van der Waals surface area contributed by atoms with E-state index >= 15 is 0 Å². The molecule has 0 unspecified atom stereocenters. The van der Waals surface area contributed by atoms with Crippen molar-refractivity contribution >= 4 is 85.2 Å². The lowest BCUT2D eigenvalue weighted by Crippen LogP contribution is -2.28. The van der Waals surface area contributed by atoms with Gasteiger partial charge in [-0.15, -0.1) is 11.3 Å². The van der Waals surface area contributed by atoms with Crippen molar-refractivity contribution in [2.24, 2.45) is 4.99 Å². The van der Waals surface area contributed by atoms with E-state index in [0.29, 0.717) is 16.6 Å². The Kier molecular flexibility index (Phi) is 7.05. The highest BCUT2D eigenvalue weighted by Crippen LogP contribution is 2.38. The zero-order valence-corrected chi connectivity index (χ0v) is 20.6. The highest BCUT2D eigenvalue weighted by molar-refractivity contribution is 9.10. The van der Waals surface area contributed by atoms with Gasteiger partial charge >= 0.3 is 0 Å². The molecule has 1 aromatic heterocycles. The molecule has 4 rings (SSSR count). The minimum absolute atomic E-state index is 0.00124. The van der Waals surface area contributed by atoms with E-state index in [9.17, 15) is 4.79 Å². The number of rotatable bonds is 5. The molecule has 152 valence electrons. The van der Waals surface area contributed by atoms with Crippen LogP contribution in [-0.4, -0.2) is 22.5 Å². The Morgan fingerprint density at radius 3 is 2.53 bits per heavy atom. The van der Waals surface area contributed by atoms with Crippen molar-refractivity contribution in [1.29, 1.82) is 0 Å². The van der Waals surface area contributed by atoms with Crippen LogP contribution in [0.2, 0.25) is 5.02 Å². The fraction of sp³-hybridized carbons (Fsp3) is 0.0909. The van der Waals surface area contributed by atoms with Crippen molar-refractivity contribution in [3.8, 4) is 0 Å². The van der Waals surface area contributed by atoms with Crippen LogP contribution in [0.25, 0.3) is 6.08 Å². The second-order valence-electron chi connectivity index (χ2n) is 6.24. The molecule has 1 fully saturated rings. The van der Waals surface area contributed by atoms with Crippen LogP contribution in [0.4, 0.5) is 5.69 Å². The zero-order chi connectivity index (χ0) is 21.1. The first-order chi connectivity index (χ1) is 14.5. The molecule has 1 amide bonds. The first-order valence-corrected chi connectivity index (χ1v) is 12.7. The number of amides is 1. The van der Waals surface area contributed by atoms with Gasteiger partial charge in [-0.1, -0.05) is 39.3 Å². The summed E-state index contributed by atoms with van der Waals surface area (Å²) < 4.78 is 2.16. The lowest BCUT2D eigenvalue weighted by Gasteiger charge is -2.11. The van der Waals surface area contributed by atoms with E-state index in [-0.39, 0.29) is 5.91 Å². The van der Waals surface area contributed by atoms with Gasteiger partial charge in [0.1, 0.15) is 0 Å². The molecule has 2 aromatic carbocycles. The second-order valence-corrected chi connectivity index (χ2v) is 11.1. The molecule has 3 aromatic rings. The number of amidine groups is 1. The maximum atomic E-state index is 12.9. The molecular formula is C22H16BrClN2OS3. The van der Waals surface area contributed by atoms with Gasteiger partial charge in [0.25, 0.3) is 5.91 Å². The molecule has 0 atom stereocenters. The van der Waals surface area contributed by atoms with E-state index in [0.717, 1.165) is 29.2 Å². The van der Waals surface area contributed by atoms with Crippen molar-refractivity contribution < 1.29 is 4.79 Å². The number of thioether (sulfide) groups is 1. The minimum Gasteiger partial charge on any atom is -0.287 e. The number of aliphatic imine (C=N–C) groups is 1. The van der Waals surface area contributed by atoms with Crippen LogP contribution in [0, 0.1) is 0 Å². The first-order valence-electron chi connectivity index (χ1n) is 9.11. The average Bonchev–Trinajstić information content (AvgIpc) is 3.29. The third kappa shape index (κ3) is 5.21. The average molecular weight is 536 g/mol. The summed E-state index contributed by atoms with van der Waals surface area (Å²) in [5, 5.41) is 1.44. The van der Waals surface area contributed by atoms with E-state index in [1.54, 1.807) is 28.0 Å². The van der Waals surface area contributed by atoms with E-state index in [2.05, 4.69) is 27.0 Å². The van der Waals surface area contributed by atoms with Gasteiger partial charge in [-0.3, -0.25) is 9.69 Å². The fourth-order valence-corrected chi connectivity index (χ4v) is 6.30. The maximum Gasteiger partial charge on any atom is 0.266 e. The summed E-state index contributed by atoms with van der Waals surface area (Å²) in [6.45, 7) is 2.55. The Labute approximate surface area is 201 Å². The summed E-state index contributed by atoms with van der Waals surface area (Å²) in [5.74, 6) is -0.00124. The molecule has 8 heteroatoms. The molecule has 0 bridgehead atoms. The largest absolute Gasteiger partial charge is 0.287 e. The predicted molar refractivity (Wildman–Crippen MR) is 134 cm³/mol. The highest BCUT2D eigenvalue weighted by Gasteiger charge is 2.32. The van der Waals surface area contributed by atoms with Crippen LogP contribution in [0.5, 0.6) is 0 Å². The van der Waals surface area contributed by atoms with Crippen LogP contribution < -0.4 is 0 Å². The molecule has 30 heavy (non-hydrogen) atoms. The summed E-state index contributed by atoms with van der Waals surface area (Å²) >= 11 is 14.2. The number of thiophene rings is 1. The third-order valence-electron chi connectivity index (χ3n) is 4.16. The van der Waals surface area contributed by atoms with Gasteiger partial charge in [0.2, 0.25) is 0 Å². The monoisotopic (exact) mass is 534 g/mol. The number of carbonyl (C=O) groups excluding carboxylic acids is 1. The quantitative estimate of drug-likeness (QED) is 0.311. The fourth-order valence-electron chi connectivity index (χ4n) is 2.71. The summed E-state index contributed by atoms with van der Waals surface area (Å²) in [4.78, 5) is 22.1. The van der Waals surface area contributed by atoms with Gasteiger partial charge in [-0.05, 0) is 85.4 Å². The minimum atomic E-state index is -0.00124. The van der Waals surface area contributed by atoms with E-state index < -0.39 is 0 Å². The number of hydrogen-bond donors (Lipinski definition) is 0. The Hall–Kier alpha value is -1.51. The summed E-state index contributed by atoms with van der Waals surface area (Å²) in [6.07, 6.45) is 1.95. The molecule has 0 radical (unpaired) electrons. The van der Waals surface area contributed by atoms with Crippen LogP contribution in [0.1, 0.15) is 11.8 Å². The summed E-state index contributed by atoms with van der Waals surface area (Å²) in [5.41, 5.74) is 0.825. The van der Waals surface area contributed by atoms with Crippen LogP contribution in [0.15, 0.2) is 84.1 Å². The van der Waals surface area contributed by atoms with E-state index in [1.807, 2.05) is 67.6 Å². The molecule has 2 heterocycles. The molecule has 0 spiro atoms. The third-order valence-corrected chi connectivity index (χ3v) is 8.12. The lowest BCUT2D eigenvalue weighted by molar-refractivity contribution is -0.122. The Morgan fingerprint density at radius 1 is 1.10 bits per heavy atom. The molecule has 1 saturated heterocycles. The van der Waals surface area contributed by atoms with Gasteiger partial charge in [-0.2, -0.15) is 0 Å². The van der Waals surface area contributed by atoms with Crippen molar-refractivity contribution in [3.63, 3.8) is 0 Å². The molecule has 0 N–H and O–H groups in total. The van der Waals surface area contributed by atoms with Gasteiger partial charge in [0.15, 0.2) is 5.17 Å². The second kappa shape index (κ2) is 9.75. The van der Waals surface area contributed by atoms with Crippen molar-refractivity contribution in [2.75, 3.05) is 6.54 Å². The van der Waals surface area contributed by atoms with E-state index in [1.165, 1.54) is 11.8 Å². The number of nitrogens with zero attached hydrogens (tertiary/aromatic N) is 2. The Balaban J connectivity index is 1.53. The molecule has 1 aliphatic heterocycles. The van der Waals surface area contributed by atoms with Gasteiger partial charge in [0.05, 0.1) is 14.8 Å². The van der Waals surface area contributed by atoms with Gasteiger partial charge in [-0.25, -0.2) is 4.99 Å². The molecule has 1 aliphatic rings. The first kappa shape index (κ1) is 21.7. The lowest BCUT2D eigenvalue weighted by atomic mass is 10.3. The maximum absolute atomic E-state index is 12.9. The number of halogens is 2.